The molecule has 1 aliphatic rings. The first-order valence-corrected chi connectivity index (χ1v) is 12.7. The number of carbonyl (C=O) groups is 1. The van der Waals surface area contributed by atoms with Crippen molar-refractivity contribution in [1.82, 2.24) is 4.57 Å². The lowest BCUT2D eigenvalue weighted by Gasteiger charge is -2.27. The van der Waals surface area contributed by atoms with Crippen LogP contribution in [0, 0.1) is 6.92 Å². The molecule has 1 aliphatic heterocycles. The predicted octanol–water partition coefficient (Wildman–Crippen LogP) is 4.55. The number of allylic oxidation sites excluding steroid dienone is 1. The molecule has 0 saturated carbocycles. The highest BCUT2D eigenvalue weighted by Gasteiger charge is 2.36. The van der Waals surface area contributed by atoms with E-state index < -0.39 is 12.0 Å². The molecule has 1 atom stereocenters. The molecular weight excluding hydrogens is 484 g/mol. The molecule has 0 aliphatic carbocycles. The van der Waals surface area contributed by atoms with Crippen molar-refractivity contribution < 1.29 is 14.3 Å². The number of aryl methyl sites for hydroxylation is 1. The van der Waals surface area contributed by atoms with Gasteiger partial charge in [0.2, 0.25) is 0 Å². The fraction of sp³-hybridized carbons (Fsp3) is 0.296. The third-order valence-corrected chi connectivity index (χ3v) is 6.97. The smallest absolute Gasteiger partial charge is 0.338 e. The third kappa shape index (κ3) is 4.97. The summed E-state index contributed by atoms with van der Waals surface area (Å²) in [5, 5.41) is 0.472. The minimum Gasteiger partial charge on any atom is -0.496 e. The van der Waals surface area contributed by atoms with E-state index in [1.165, 1.54) is 11.3 Å². The van der Waals surface area contributed by atoms with E-state index in [2.05, 4.69) is 0 Å². The molecule has 0 spiro atoms. The Morgan fingerprint density at radius 3 is 2.60 bits per heavy atom. The molecule has 35 heavy (non-hydrogen) atoms. The van der Waals surface area contributed by atoms with Gasteiger partial charge in [0.05, 0.1) is 29.5 Å². The molecule has 4 rings (SSSR count). The van der Waals surface area contributed by atoms with Crippen molar-refractivity contribution in [2.75, 3.05) is 13.7 Å². The Morgan fingerprint density at radius 2 is 1.94 bits per heavy atom. The number of rotatable bonds is 7. The average molecular weight is 511 g/mol. The minimum absolute atomic E-state index is 0.207. The minimum atomic E-state index is -0.777. The highest BCUT2D eigenvalue weighted by molar-refractivity contribution is 7.07. The van der Waals surface area contributed by atoms with E-state index in [9.17, 15) is 9.59 Å². The number of hydrogen-bond acceptors (Lipinski definition) is 6. The highest BCUT2D eigenvalue weighted by atomic mass is 35.5. The summed E-state index contributed by atoms with van der Waals surface area (Å²) in [4.78, 5) is 32.3. The molecule has 6 nitrogen and oxygen atoms in total. The lowest BCUT2D eigenvalue weighted by atomic mass is 9.93. The van der Waals surface area contributed by atoms with Crippen molar-refractivity contribution >= 4 is 35.0 Å². The maximum Gasteiger partial charge on any atom is 0.338 e. The maximum absolute atomic E-state index is 13.8. The van der Waals surface area contributed by atoms with E-state index in [4.69, 9.17) is 26.1 Å². The molecule has 3 aromatic rings. The van der Waals surface area contributed by atoms with E-state index >= 15 is 0 Å². The number of thiazole rings is 1. The van der Waals surface area contributed by atoms with Crippen molar-refractivity contribution in [3.63, 3.8) is 0 Å². The van der Waals surface area contributed by atoms with Gasteiger partial charge >= 0.3 is 5.97 Å². The van der Waals surface area contributed by atoms with Crippen LogP contribution in [0.3, 0.4) is 0 Å². The van der Waals surface area contributed by atoms with E-state index in [-0.39, 0.29) is 12.2 Å². The number of methoxy groups -OCH3 is 1. The van der Waals surface area contributed by atoms with Gasteiger partial charge in [-0.05, 0) is 50.1 Å². The zero-order valence-corrected chi connectivity index (χ0v) is 21.7. The maximum atomic E-state index is 13.8. The lowest BCUT2D eigenvalue weighted by Crippen LogP contribution is -2.40. The highest BCUT2D eigenvalue weighted by Crippen LogP contribution is 2.38. The van der Waals surface area contributed by atoms with Gasteiger partial charge in [0.25, 0.3) is 5.56 Å². The van der Waals surface area contributed by atoms with Gasteiger partial charge in [-0.25, -0.2) is 9.79 Å². The Kier molecular flexibility index (Phi) is 7.57. The van der Waals surface area contributed by atoms with Crippen molar-refractivity contribution in [2.24, 2.45) is 4.99 Å². The van der Waals surface area contributed by atoms with Crippen LogP contribution in [-0.4, -0.2) is 24.3 Å². The predicted molar refractivity (Wildman–Crippen MR) is 139 cm³/mol. The van der Waals surface area contributed by atoms with E-state index in [0.717, 1.165) is 17.5 Å². The molecule has 8 heteroatoms. The average Bonchev–Trinajstić information content (AvgIpc) is 3.14. The largest absolute Gasteiger partial charge is 0.496 e. The van der Waals surface area contributed by atoms with Crippen molar-refractivity contribution in [2.45, 2.75) is 39.7 Å². The molecule has 2 aromatic carbocycles. The Balaban J connectivity index is 2.04. The summed E-state index contributed by atoms with van der Waals surface area (Å²) >= 11 is 7.67. The summed E-state index contributed by atoms with van der Waals surface area (Å²) in [5.74, 6) is 0.0200. The van der Waals surface area contributed by atoms with Crippen LogP contribution in [0.1, 0.15) is 49.4 Å². The molecule has 0 N–H and O–H groups in total. The number of nitrogens with zero attached hydrogens (tertiary/aromatic N) is 2. The van der Waals surface area contributed by atoms with Crippen LogP contribution in [0.25, 0.3) is 6.08 Å². The Bertz CT molecular complexity index is 1470. The van der Waals surface area contributed by atoms with Gasteiger partial charge in [-0.2, -0.15) is 0 Å². The van der Waals surface area contributed by atoms with E-state index in [1.807, 2.05) is 44.2 Å². The van der Waals surface area contributed by atoms with Gasteiger partial charge in [-0.3, -0.25) is 9.36 Å². The number of esters is 1. The van der Waals surface area contributed by atoms with Gasteiger partial charge in [0.1, 0.15) is 11.8 Å². The number of hydrogen-bond donors (Lipinski definition) is 0. The molecule has 1 aromatic heterocycles. The van der Waals surface area contributed by atoms with Crippen LogP contribution in [0.4, 0.5) is 0 Å². The van der Waals surface area contributed by atoms with Gasteiger partial charge < -0.3 is 9.47 Å². The van der Waals surface area contributed by atoms with Crippen molar-refractivity contribution in [1.29, 1.82) is 0 Å². The summed E-state index contributed by atoms with van der Waals surface area (Å²) in [7, 11) is 1.55. The molecule has 0 bridgehead atoms. The van der Waals surface area contributed by atoms with Crippen LogP contribution < -0.4 is 19.6 Å². The number of aromatic nitrogens is 1. The fourth-order valence-electron chi connectivity index (χ4n) is 4.15. The molecule has 2 heterocycles. The zero-order valence-electron chi connectivity index (χ0n) is 20.1. The number of carbonyl (C=O) groups excluding carboxylic acids is 1. The summed E-state index contributed by atoms with van der Waals surface area (Å²) in [6.07, 6.45) is 3.19. The lowest BCUT2D eigenvalue weighted by molar-refractivity contribution is -0.139. The molecule has 0 unspecified atom stereocenters. The van der Waals surface area contributed by atoms with Crippen LogP contribution in [-0.2, 0) is 9.53 Å². The quantitative estimate of drug-likeness (QED) is 0.437. The number of halogens is 1. The number of benzene rings is 2. The third-order valence-electron chi connectivity index (χ3n) is 5.75. The van der Waals surface area contributed by atoms with Gasteiger partial charge in [-0.1, -0.05) is 66.1 Å². The summed E-state index contributed by atoms with van der Waals surface area (Å²) < 4.78 is 13.1. The standard InChI is InChI=1S/C27H27ClN2O4S/c1-5-7-20-23(26(32)34-6-2)24(19-15-18(28)12-13-21(19)33-4)30-25(31)22(35-27(30)29-20)14-17-10-8-16(3)9-11-17/h8-15,24H,5-7H2,1-4H3/b22-14+/t24-/m1/s1. The van der Waals surface area contributed by atoms with Gasteiger partial charge in [0.15, 0.2) is 4.80 Å². The summed E-state index contributed by atoms with van der Waals surface area (Å²) in [5.41, 5.74) is 3.37. The Morgan fingerprint density at radius 1 is 1.20 bits per heavy atom. The second-order valence-electron chi connectivity index (χ2n) is 8.21. The molecule has 0 radical (unpaired) electrons. The second kappa shape index (κ2) is 10.6. The second-order valence-corrected chi connectivity index (χ2v) is 9.66. The van der Waals surface area contributed by atoms with Crippen molar-refractivity contribution in [3.05, 3.63) is 95.1 Å². The van der Waals surface area contributed by atoms with Gasteiger partial charge in [-0.15, -0.1) is 0 Å². The fourth-order valence-corrected chi connectivity index (χ4v) is 5.35. The van der Waals surface area contributed by atoms with Gasteiger partial charge in [0, 0.05) is 10.6 Å². The van der Waals surface area contributed by atoms with Crippen LogP contribution >= 0.6 is 22.9 Å². The zero-order chi connectivity index (χ0) is 25.1. The van der Waals surface area contributed by atoms with Crippen LogP contribution in [0.2, 0.25) is 5.02 Å². The first-order chi connectivity index (χ1) is 16.9. The molecule has 0 saturated heterocycles. The Labute approximate surface area is 212 Å². The molecule has 182 valence electrons. The van der Waals surface area contributed by atoms with Crippen LogP contribution in [0.15, 0.2) is 63.5 Å². The first kappa shape index (κ1) is 24.9. The molecule has 0 amide bonds. The number of fused-ring (bicyclic) bond motifs is 1. The van der Waals surface area contributed by atoms with Crippen molar-refractivity contribution in [3.8, 4) is 5.75 Å². The Hall–Kier alpha value is -3.16. The van der Waals surface area contributed by atoms with E-state index in [1.54, 1.807) is 36.8 Å². The molecule has 0 fully saturated rings. The summed E-state index contributed by atoms with van der Waals surface area (Å²) in [6.45, 7) is 6.00. The SMILES string of the molecule is CCCC1=C(C(=O)OCC)[C@@H](c2cc(Cl)ccc2OC)n2c(s/c(=C/c3ccc(C)cc3)c2=O)=N1. The van der Waals surface area contributed by atoms with Crippen LogP contribution in [0.5, 0.6) is 5.75 Å². The monoisotopic (exact) mass is 510 g/mol. The van der Waals surface area contributed by atoms with E-state index in [0.29, 0.717) is 43.4 Å². The topological polar surface area (TPSA) is 69.9 Å². The normalized spacial score (nSPS) is 15.6. The first-order valence-electron chi connectivity index (χ1n) is 11.5. The molecular formula is C27H27ClN2O4S. The number of ether oxygens (including phenoxy) is 2. The summed E-state index contributed by atoms with van der Waals surface area (Å²) in [6, 6.07) is 12.3.